The van der Waals surface area contributed by atoms with Crippen molar-refractivity contribution in [3.05, 3.63) is 107 Å². The third kappa shape index (κ3) is 5.33. The lowest BCUT2D eigenvalue weighted by atomic mass is 10.00. The zero-order valence-corrected chi connectivity index (χ0v) is 22.4. The second-order valence-corrected chi connectivity index (χ2v) is 10.2. The van der Waals surface area contributed by atoms with E-state index < -0.39 is 12.0 Å². The van der Waals surface area contributed by atoms with E-state index in [0.717, 1.165) is 36.1 Å². The van der Waals surface area contributed by atoms with E-state index in [1.165, 1.54) is 18.5 Å². The third-order valence-corrected chi connectivity index (χ3v) is 7.39. The molecule has 2 aromatic heterocycles. The first-order chi connectivity index (χ1) is 20.1. The van der Waals surface area contributed by atoms with Gasteiger partial charge in [0.25, 0.3) is 0 Å². The molecule has 0 spiro atoms. The summed E-state index contributed by atoms with van der Waals surface area (Å²) in [6, 6.07) is 21.2. The van der Waals surface area contributed by atoms with E-state index >= 15 is 0 Å². The van der Waals surface area contributed by atoms with Crippen LogP contribution in [-0.4, -0.2) is 21.0 Å². The molecule has 41 heavy (non-hydrogen) atoms. The molecule has 0 amide bonds. The minimum absolute atomic E-state index is 0.0542. The van der Waals surface area contributed by atoms with Crippen molar-refractivity contribution in [3.8, 4) is 12.1 Å². The topological polar surface area (TPSA) is 125 Å². The Bertz CT molecular complexity index is 1690. The monoisotopic (exact) mass is 545 g/mol. The zero-order valence-electron chi connectivity index (χ0n) is 22.4. The van der Waals surface area contributed by atoms with Crippen molar-refractivity contribution >= 4 is 22.3 Å². The maximum absolute atomic E-state index is 13.7. The summed E-state index contributed by atoms with van der Waals surface area (Å²) in [5.74, 6) is -0.564. The SMILES string of the molecule is CC[C@@H](Nc1c(C#N)cnc2c(C#N)cc(NC(C3=CN(C4CC4)NN3)c3ccc(F)nc3)cc12)c1ccccc1. The smallest absolute Gasteiger partial charge is 0.212 e. The van der Waals surface area contributed by atoms with Crippen LogP contribution in [0.4, 0.5) is 15.8 Å². The molecule has 9 nitrogen and oxygen atoms in total. The van der Waals surface area contributed by atoms with E-state index in [1.807, 2.05) is 47.6 Å². The fraction of sp³-hybridized carbons (Fsp3) is 0.226. The van der Waals surface area contributed by atoms with Crippen molar-refractivity contribution in [3.63, 3.8) is 0 Å². The van der Waals surface area contributed by atoms with Crippen molar-refractivity contribution in [1.29, 1.82) is 10.5 Å². The van der Waals surface area contributed by atoms with Crippen LogP contribution >= 0.6 is 0 Å². The zero-order chi connectivity index (χ0) is 28.3. The first-order valence-corrected chi connectivity index (χ1v) is 13.6. The molecule has 204 valence electrons. The summed E-state index contributed by atoms with van der Waals surface area (Å²) in [7, 11) is 0. The number of nitriles is 2. The first-order valence-electron chi connectivity index (χ1n) is 13.6. The van der Waals surface area contributed by atoms with Gasteiger partial charge in [0.1, 0.15) is 12.1 Å². The van der Waals surface area contributed by atoms with Gasteiger partial charge in [0, 0.05) is 35.7 Å². The van der Waals surface area contributed by atoms with Crippen LogP contribution in [0.1, 0.15) is 60.5 Å². The van der Waals surface area contributed by atoms with Crippen LogP contribution in [0.3, 0.4) is 0 Å². The van der Waals surface area contributed by atoms with Crippen LogP contribution in [-0.2, 0) is 0 Å². The quantitative estimate of drug-likeness (QED) is 0.200. The van der Waals surface area contributed by atoms with Crippen molar-refractivity contribution in [2.24, 2.45) is 0 Å². The molecule has 2 aliphatic rings. The molecule has 2 atom stereocenters. The molecule has 3 heterocycles. The number of hydrogen-bond acceptors (Lipinski definition) is 9. The largest absolute Gasteiger partial charge is 0.377 e. The maximum atomic E-state index is 13.7. The second-order valence-electron chi connectivity index (χ2n) is 10.2. The summed E-state index contributed by atoms with van der Waals surface area (Å²) in [5, 5.41) is 29.8. The highest BCUT2D eigenvalue weighted by molar-refractivity contribution is 5.99. The Hall–Kier alpha value is -5.19. The second kappa shape index (κ2) is 11.1. The molecule has 6 rings (SSSR count). The molecule has 0 bridgehead atoms. The van der Waals surface area contributed by atoms with E-state index in [4.69, 9.17) is 0 Å². The van der Waals surface area contributed by atoms with E-state index in [9.17, 15) is 14.9 Å². The van der Waals surface area contributed by atoms with Gasteiger partial charge in [-0.25, -0.2) is 4.98 Å². The minimum Gasteiger partial charge on any atom is -0.377 e. The number of hydrazine groups is 2. The van der Waals surface area contributed by atoms with Gasteiger partial charge in [-0.15, -0.1) is 5.53 Å². The molecule has 2 aromatic carbocycles. The van der Waals surface area contributed by atoms with Crippen LogP contribution in [0.25, 0.3) is 10.9 Å². The molecule has 1 aliphatic carbocycles. The van der Waals surface area contributed by atoms with E-state index in [0.29, 0.717) is 39.4 Å². The number of fused-ring (bicyclic) bond motifs is 1. The van der Waals surface area contributed by atoms with E-state index in [-0.39, 0.29) is 6.04 Å². The molecule has 1 aliphatic heterocycles. The lowest BCUT2D eigenvalue weighted by Crippen LogP contribution is -2.38. The number of anilines is 2. The van der Waals surface area contributed by atoms with Gasteiger partial charge in [0.2, 0.25) is 5.95 Å². The molecular weight excluding hydrogens is 517 g/mol. The van der Waals surface area contributed by atoms with Gasteiger partial charge in [-0.05, 0) is 48.6 Å². The number of hydrogen-bond donors (Lipinski definition) is 4. The van der Waals surface area contributed by atoms with Crippen LogP contribution in [0.15, 0.2) is 78.9 Å². The van der Waals surface area contributed by atoms with Gasteiger partial charge in [-0.3, -0.25) is 9.99 Å². The highest BCUT2D eigenvalue weighted by Crippen LogP contribution is 2.36. The van der Waals surface area contributed by atoms with Crippen molar-refractivity contribution < 1.29 is 4.39 Å². The Morgan fingerprint density at radius 1 is 1.00 bits per heavy atom. The average molecular weight is 546 g/mol. The standard InChI is InChI=1S/C31H28FN9/c1-2-26(19-6-4-3-5-7-19)38-30-22(15-34)17-36-29-21(14-33)12-23(13-25(29)30)37-31(20-8-11-28(32)35-16-20)27-18-41(40-39-27)24-9-10-24/h3-8,11-13,16-18,24,26,31,37,39-40H,2,9-10H2,1H3,(H,36,38)/t26-,31?/m1/s1. The van der Waals surface area contributed by atoms with Crippen molar-refractivity contribution in [2.45, 2.75) is 44.3 Å². The number of pyridine rings is 2. The number of rotatable bonds is 9. The molecule has 0 saturated heterocycles. The van der Waals surface area contributed by atoms with Gasteiger partial charge < -0.3 is 16.1 Å². The van der Waals surface area contributed by atoms with Crippen LogP contribution < -0.4 is 21.6 Å². The predicted molar refractivity (Wildman–Crippen MR) is 154 cm³/mol. The fourth-order valence-electron chi connectivity index (χ4n) is 5.10. The van der Waals surface area contributed by atoms with Gasteiger partial charge in [-0.1, -0.05) is 43.3 Å². The van der Waals surface area contributed by atoms with Crippen LogP contribution in [0, 0.1) is 28.6 Å². The molecule has 0 radical (unpaired) electrons. The summed E-state index contributed by atoms with van der Waals surface area (Å²) in [6.07, 6.45) is 8.00. The Kier molecular flexibility index (Phi) is 7.07. The Morgan fingerprint density at radius 3 is 2.49 bits per heavy atom. The summed E-state index contributed by atoms with van der Waals surface area (Å²) >= 11 is 0. The lowest BCUT2D eigenvalue weighted by molar-refractivity contribution is 0.260. The van der Waals surface area contributed by atoms with Crippen molar-refractivity contribution in [2.75, 3.05) is 10.6 Å². The minimum atomic E-state index is -0.564. The van der Waals surface area contributed by atoms with Crippen molar-refractivity contribution in [1.82, 2.24) is 25.9 Å². The molecule has 1 saturated carbocycles. The molecular formula is C31H28FN9. The lowest BCUT2D eigenvalue weighted by Gasteiger charge is -2.23. The van der Waals surface area contributed by atoms with Crippen LogP contribution in [0.5, 0.6) is 0 Å². The molecule has 1 unspecified atom stereocenters. The average Bonchev–Trinajstić information content (AvgIpc) is 3.75. The van der Waals surface area contributed by atoms with Gasteiger partial charge in [-0.2, -0.15) is 14.9 Å². The highest BCUT2D eigenvalue weighted by atomic mass is 19.1. The number of halogens is 1. The summed E-state index contributed by atoms with van der Waals surface area (Å²) < 4.78 is 13.7. The number of benzene rings is 2. The summed E-state index contributed by atoms with van der Waals surface area (Å²) in [4.78, 5) is 8.35. The summed E-state index contributed by atoms with van der Waals surface area (Å²) in [5.41, 5.74) is 11.6. The first kappa shape index (κ1) is 26.1. The maximum Gasteiger partial charge on any atom is 0.212 e. The molecule has 4 aromatic rings. The Morgan fingerprint density at radius 2 is 1.80 bits per heavy atom. The fourth-order valence-corrected chi connectivity index (χ4v) is 5.10. The Labute approximate surface area is 237 Å². The van der Waals surface area contributed by atoms with Gasteiger partial charge in [0.05, 0.1) is 40.1 Å². The predicted octanol–water partition coefficient (Wildman–Crippen LogP) is 5.56. The van der Waals surface area contributed by atoms with Gasteiger partial charge >= 0.3 is 0 Å². The highest BCUT2D eigenvalue weighted by Gasteiger charge is 2.32. The van der Waals surface area contributed by atoms with E-state index in [1.54, 1.807) is 12.1 Å². The number of nitrogens with one attached hydrogen (secondary N) is 4. The number of nitrogens with zero attached hydrogens (tertiary/aromatic N) is 5. The van der Waals surface area contributed by atoms with E-state index in [2.05, 4.69) is 50.6 Å². The normalized spacial score (nSPS) is 15.8. The molecule has 10 heteroatoms. The summed E-state index contributed by atoms with van der Waals surface area (Å²) in [6.45, 7) is 2.08. The van der Waals surface area contributed by atoms with Crippen LogP contribution in [0.2, 0.25) is 0 Å². The molecule has 1 fully saturated rings. The number of aromatic nitrogens is 2. The van der Waals surface area contributed by atoms with Gasteiger partial charge in [0.15, 0.2) is 0 Å². The third-order valence-electron chi connectivity index (χ3n) is 7.39. The Balaban J connectivity index is 1.43. The molecule has 4 N–H and O–H groups in total.